The Balaban J connectivity index is 1.71. The molecule has 0 aliphatic carbocycles. The highest BCUT2D eigenvalue weighted by Gasteiger charge is 2.41. The number of carbonyl (C=O) groups excluding carboxylic acids is 1. The normalized spacial score (nSPS) is 21.4. The van der Waals surface area contributed by atoms with Crippen LogP contribution in [0.15, 0.2) is 18.2 Å². The van der Waals surface area contributed by atoms with E-state index < -0.39 is 11.6 Å². The number of nitrogens with zero attached hydrogens (tertiary/aromatic N) is 1. The minimum Gasteiger partial charge on any atom is -0.347 e. The number of rotatable bonds is 1. The molecule has 0 bridgehead atoms. The number of carbonyl (C=O) groups is 1. The summed E-state index contributed by atoms with van der Waals surface area (Å²) in [5.41, 5.74) is 0.0155. The van der Waals surface area contributed by atoms with Crippen LogP contribution in [0.25, 0.3) is 0 Å². The topological polar surface area (TPSA) is 38.8 Å². The number of benzene rings is 1. The number of piperidine rings is 1. The van der Waals surface area contributed by atoms with Crippen molar-refractivity contribution in [2.45, 2.75) is 18.6 Å². The number of hydrogen-bond acceptors (Lipinski definition) is 3. The molecule has 0 atom stereocenters. The summed E-state index contributed by atoms with van der Waals surface area (Å²) < 4.78 is 24.9. The molecule has 2 saturated heterocycles. The molecule has 6 heteroatoms. The van der Waals surface area contributed by atoms with Gasteiger partial charge in [-0.15, -0.1) is 0 Å². The minimum atomic E-state index is -0.548. The zero-order valence-corrected chi connectivity index (χ0v) is 11.7. The second-order valence-corrected chi connectivity index (χ2v) is 5.46. The number of hydrogen-bond donors (Lipinski definition) is 0. The maximum atomic E-state index is 13.7. The Hall–Kier alpha value is -1.17. The maximum absolute atomic E-state index is 13.7. The summed E-state index contributed by atoms with van der Waals surface area (Å²) in [6, 6.07) is 4.01. The molecule has 4 nitrogen and oxygen atoms in total. The molecule has 1 aromatic rings. The molecular formula is C14H15ClFNO3. The van der Waals surface area contributed by atoms with Crippen LogP contribution in [0.2, 0.25) is 5.02 Å². The van der Waals surface area contributed by atoms with Crippen molar-refractivity contribution < 1.29 is 18.7 Å². The largest absolute Gasteiger partial charge is 0.347 e. The summed E-state index contributed by atoms with van der Waals surface area (Å²) in [5.74, 6) is -1.42. The predicted molar refractivity (Wildman–Crippen MR) is 71.2 cm³/mol. The van der Waals surface area contributed by atoms with Gasteiger partial charge in [-0.3, -0.25) is 4.79 Å². The lowest BCUT2D eigenvalue weighted by molar-refractivity contribution is -0.181. The lowest BCUT2D eigenvalue weighted by Crippen LogP contribution is -2.47. The molecular weight excluding hydrogens is 285 g/mol. The Kier molecular flexibility index (Phi) is 3.67. The van der Waals surface area contributed by atoms with Crippen LogP contribution in [0.5, 0.6) is 0 Å². The summed E-state index contributed by atoms with van der Waals surface area (Å²) in [5, 5.41) is 0.352. The van der Waals surface area contributed by atoms with E-state index in [9.17, 15) is 9.18 Å². The van der Waals surface area contributed by atoms with E-state index in [1.807, 2.05) is 0 Å². The van der Waals surface area contributed by atoms with E-state index >= 15 is 0 Å². The van der Waals surface area contributed by atoms with E-state index in [2.05, 4.69) is 0 Å². The van der Waals surface area contributed by atoms with Crippen LogP contribution in [0.4, 0.5) is 4.39 Å². The molecule has 2 aliphatic rings. The average molecular weight is 300 g/mol. The summed E-state index contributed by atoms with van der Waals surface area (Å²) >= 11 is 5.82. The third kappa shape index (κ3) is 2.53. The first-order chi connectivity index (χ1) is 9.60. The Labute approximate surface area is 121 Å². The number of likely N-dealkylation sites (tertiary alicyclic amines) is 1. The highest BCUT2D eigenvalue weighted by Crippen LogP contribution is 2.32. The zero-order chi connectivity index (χ0) is 14.2. The summed E-state index contributed by atoms with van der Waals surface area (Å²) in [4.78, 5) is 13.9. The van der Waals surface area contributed by atoms with Gasteiger partial charge >= 0.3 is 0 Å². The SMILES string of the molecule is O=C(c1cc(Cl)ccc1F)N1CCC2(CC1)OCCO2. The minimum absolute atomic E-state index is 0.0155. The van der Waals surface area contributed by atoms with Gasteiger partial charge in [-0.2, -0.15) is 0 Å². The van der Waals surface area contributed by atoms with Crippen molar-refractivity contribution in [1.29, 1.82) is 0 Å². The molecule has 2 fully saturated rings. The number of halogens is 2. The first kappa shape index (κ1) is 13.8. The van der Waals surface area contributed by atoms with E-state index in [4.69, 9.17) is 21.1 Å². The van der Waals surface area contributed by atoms with E-state index in [0.29, 0.717) is 44.2 Å². The van der Waals surface area contributed by atoms with Crippen molar-refractivity contribution in [3.63, 3.8) is 0 Å². The lowest BCUT2D eigenvalue weighted by atomic mass is 10.0. The van der Waals surface area contributed by atoms with Crippen LogP contribution >= 0.6 is 11.6 Å². The molecule has 3 rings (SSSR count). The average Bonchev–Trinajstić information content (AvgIpc) is 2.90. The van der Waals surface area contributed by atoms with Crippen LogP contribution in [-0.4, -0.2) is 42.9 Å². The molecule has 20 heavy (non-hydrogen) atoms. The highest BCUT2D eigenvalue weighted by molar-refractivity contribution is 6.31. The summed E-state index contributed by atoms with van der Waals surface area (Å²) in [6.07, 6.45) is 1.22. The Morgan fingerprint density at radius 3 is 2.55 bits per heavy atom. The fraction of sp³-hybridized carbons (Fsp3) is 0.500. The molecule has 1 spiro atoms. The van der Waals surface area contributed by atoms with Gasteiger partial charge in [0, 0.05) is 31.0 Å². The van der Waals surface area contributed by atoms with Gasteiger partial charge < -0.3 is 14.4 Å². The molecule has 0 saturated carbocycles. The van der Waals surface area contributed by atoms with Gasteiger partial charge in [0.1, 0.15) is 5.82 Å². The van der Waals surface area contributed by atoms with Gasteiger partial charge in [-0.05, 0) is 18.2 Å². The standard InChI is InChI=1S/C14H15ClFNO3/c15-10-1-2-12(16)11(9-10)13(18)17-5-3-14(4-6-17)19-7-8-20-14/h1-2,9H,3-8H2. The van der Waals surface area contributed by atoms with Gasteiger partial charge in [-0.1, -0.05) is 11.6 Å². The lowest BCUT2D eigenvalue weighted by Gasteiger charge is -2.37. The van der Waals surface area contributed by atoms with E-state index in [1.165, 1.54) is 18.2 Å². The van der Waals surface area contributed by atoms with Crippen molar-refractivity contribution in [2.75, 3.05) is 26.3 Å². The summed E-state index contributed by atoms with van der Waals surface area (Å²) in [7, 11) is 0. The van der Waals surface area contributed by atoms with Crippen molar-refractivity contribution in [3.8, 4) is 0 Å². The molecule has 0 radical (unpaired) electrons. The van der Waals surface area contributed by atoms with Crippen LogP contribution in [0.1, 0.15) is 23.2 Å². The van der Waals surface area contributed by atoms with Crippen LogP contribution < -0.4 is 0 Å². The monoisotopic (exact) mass is 299 g/mol. The van der Waals surface area contributed by atoms with Crippen molar-refractivity contribution in [3.05, 3.63) is 34.6 Å². The quantitative estimate of drug-likeness (QED) is 0.799. The first-order valence-corrected chi connectivity index (χ1v) is 7.00. The zero-order valence-electron chi connectivity index (χ0n) is 10.9. The predicted octanol–water partition coefficient (Wildman–Crippen LogP) is 2.46. The van der Waals surface area contributed by atoms with Crippen molar-refractivity contribution >= 4 is 17.5 Å². The second-order valence-electron chi connectivity index (χ2n) is 5.02. The van der Waals surface area contributed by atoms with Crippen molar-refractivity contribution in [2.24, 2.45) is 0 Å². The third-order valence-corrected chi connectivity index (χ3v) is 4.02. The number of amides is 1. The van der Waals surface area contributed by atoms with Crippen LogP contribution in [0.3, 0.4) is 0 Å². The fourth-order valence-corrected chi connectivity index (χ4v) is 2.84. The van der Waals surface area contributed by atoms with Gasteiger partial charge in [0.05, 0.1) is 18.8 Å². The third-order valence-electron chi connectivity index (χ3n) is 3.78. The van der Waals surface area contributed by atoms with Gasteiger partial charge in [0.2, 0.25) is 0 Å². The molecule has 0 unspecified atom stereocenters. The van der Waals surface area contributed by atoms with Crippen LogP contribution in [0, 0.1) is 5.82 Å². The molecule has 108 valence electrons. The fourth-order valence-electron chi connectivity index (χ4n) is 2.67. The van der Waals surface area contributed by atoms with Gasteiger partial charge in [-0.25, -0.2) is 4.39 Å². The summed E-state index contributed by atoms with van der Waals surface area (Å²) in [6.45, 7) is 2.17. The smallest absolute Gasteiger partial charge is 0.256 e. The van der Waals surface area contributed by atoms with Gasteiger partial charge in [0.25, 0.3) is 5.91 Å². The van der Waals surface area contributed by atoms with Crippen LogP contribution in [-0.2, 0) is 9.47 Å². The van der Waals surface area contributed by atoms with E-state index in [1.54, 1.807) is 4.90 Å². The number of ether oxygens (including phenoxy) is 2. The van der Waals surface area contributed by atoms with Crippen molar-refractivity contribution in [1.82, 2.24) is 4.90 Å². The first-order valence-electron chi connectivity index (χ1n) is 6.62. The Morgan fingerprint density at radius 2 is 1.90 bits per heavy atom. The van der Waals surface area contributed by atoms with E-state index in [0.717, 1.165) is 0 Å². The van der Waals surface area contributed by atoms with Gasteiger partial charge in [0.15, 0.2) is 5.79 Å². The molecule has 2 heterocycles. The highest BCUT2D eigenvalue weighted by atomic mass is 35.5. The Morgan fingerprint density at radius 1 is 1.25 bits per heavy atom. The van der Waals surface area contributed by atoms with E-state index in [-0.39, 0.29) is 11.5 Å². The maximum Gasteiger partial charge on any atom is 0.256 e. The molecule has 0 aromatic heterocycles. The second kappa shape index (κ2) is 5.31. The molecule has 1 aromatic carbocycles. The molecule has 1 amide bonds. The Bertz CT molecular complexity index is 521. The molecule has 0 N–H and O–H groups in total. The molecule has 2 aliphatic heterocycles.